The Morgan fingerprint density at radius 3 is 2.37 bits per heavy atom. The van der Waals surface area contributed by atoms with Gasteiger partial charge in [0, 0.05) is 19.5 Å². The first-order valence-electron chi connectivity index (χ1n) is 6.30. The smallest absolute Gasteiger partial charge is 0.308 e. The largest absolute Gasteiger partial charge is 0.491 e. The molecular weight excluding hydrogens is 246 g/mol. The fourth-order valence-corrected chi connectivity index (χ4v) is 1.39. The van der Waals surface area contributed by atoms with Gasteiger partial charge in [-0.1, -0.05) is 13.8 Å². The van der Waals surface area contributed by atoms with Gasteiger partial charge in [-0.15, -0.1) is 0 Å². The zero-order valence-electron chi connectivity index (χ0n) is 11.6. The van der Waals surface area contributed by atoms with Gasteiger partial charge >= 0.3 is 5.97 Å². The van der Waals surface area contributed by atoms with Gasteiger partial charge in [-0.3, -0.25) is 4.79 Å². The molecule has 1 aromatic carbocycles. The van der Waals surface area contributed by atoms with Crippen molar-refractivity contribution < 1.29 is 19.4 Å². The van der Waals surface area contributed by atoms with E-state index in [1.54, 1.807) is 24.3 Å². The molecule has 5 nitrogen and oxygen atoms in total. The number of hydrogen-bond acceptors (Lipinski definition) is 5. The van der Waals surface area contributed by atoms with Gasteiger partial charge in [-0.25, -0.2) is 0 Å². The van der Waals surface area contributed by atoms with E-state index in [1.165, 1.54) is 6.92 Å². The van der Waals surface area contributed by atoms with E-state index >= 15 is 0 Å². The Bertz CT molecular complexity index is 389. The standard InChI is InChI=1S/C14H21NO4/c1-10(2)15-8-12(17)9-18-13-4-6-14(7-5-13)19-11(3)16/h4-7,10,12,15,17H,8-9H2,1-3H3/t12-/m0/s1. The van der Waals surface area contributed by atoms with Crippen molar-refractivity contribution in [2.45, 2.75) is 32.9 Å². The van der Waals surface area contributed by atoms with E-state index in [1.807, 2.05) is 13.8 Å². The molecule has 0 saturated carbocycles. The van der Waals surface area contributed by atoms with Crippen LogP contribution in [0.3, 0.4) is 0 Å². The van der Waals surface area contributed by atoms with E-state index in [9.17, 15) is 9.90 Å². The molecule has 1 aromatic rings. The molecule has 2 N–H and O–H groups in total. The molecular formula is C14H21NO4. The summed E-state index contributed by atoms with van der Waals surface area (Å²) >= 11 is 0. The molecule has 0 radical (unpaired) electrons. The Morgan fingerprint density at radius 1 is 1.26 bits per heavy atom. The van der Waals surface area contributed by atoms with Crippen molar-refractivity contribution in [2.75, 3.05) is 13.2 Å². The van der Waals surface area contributed by atoms with Gasteiger partial charge < -0.3 is 19.9 Å². The van der Waals surface area contributed by atoms with Crippen molar-refractivity contribution in [1.82, 2.24) is 5.32 Å². The van der Waals surface area contributed by atoms with Crippen LogP contribution >= 0.6 is 0 Å². The third-order valence-corrected chi connectivity index (χ3v) is 2.29. The van der Waals surface area contributed by atoms with E-state index in [0.717, 1.165) is 0 Å². The quantitative estimate of drug-likeness (QED) is 0.576. The van der Waals surface area contributed by atoms with E-state index in [0.29, 0.717) is 24.1 Å². The summed E-state index contributed by atoms with van der Waals surface area (Å²) in [6.07, 6.45) is -0.560. The Hall–Kier alpha value is -1.59. The number of esters is 1. The summed E-state index contributed by atoms with van der Waals surface area (Å²) < 4.78 is 10.3. The Kier molecular flexibility index (Phi) is 6.32. The molecule has 0 aromatic heterocycles. The monoisotopic (exact) mass is 267 g/mol. The normalized spacial score (nSPS) is 12.3. The molecule has 19 heavy (non-hydrogen) atoms. The van der Waals surface area contributed by atoms with E-state index in [-0.39, 0.29) is 12.6 Å². The van der Waals surface area contributed by atoms with Gasteiger partial charge in [-0.2, -0.15) is 0 Å². The zero-order valence-corrected chi connectivity index (χ0v) is 11.6. The molecule has 0 fully saturated rings. The highest BCUT2D eigenvalue weighted by molar-refractivity contribution is 5.69. The van der Waals surface area contributed by atoms with Gasteiger partial charge in [-0.05, 0) is 24.3 Å². The topological polar surface area (TPSA) is 67.8 Å². The van der Waals surface area contributed by atoms with Crippen LogP contribution in [0.15, 0.2) is 24.3 Å². The van der Waals surface area contributed by atoms with Crippen molar-refractivity contribution in [3.05, 3.63) is 24.3 Å². The Labute approximate surface area is 113 Å². The fourth-order valence-electron chi connectivity index (χ4n) is 1.39. The van der Waals surface area contributed by atoms with Gasteiger partial charge in [0.25, 0.3) is 0 Å². The molecule has 0 aliphatic carbocycles. The minimum Gasteiger partial charge on any atom is -0.491 e. The van der Waals surface area contributed by atoms with Crippen LogP contribution in [0.4, 0.5) is 0 Å². The predicted octanol–water partition coefficient (Wildman–Crippen LogP) is 1.35. The number of aliphatic hydroxyl groups is 1. The first-order valence-corrected chi connectivity index (χ1v) is 6.30. The molecule has 0 aliphatic rings. The molecule has 1 atom stereocenters. The minimum absolute atomic E-state index is 0.215. The minimum atomic E-state index is -0.560. The van der Waals surface area contributed by atoms with Gasteiger partial charge in [0.1, 0.15) is 24.2 Å². The molecule has 0 amide bonds. The highest BCUT2D eigenvalue weighted by Crippen LogP contribution is 2.17. The maximum atomic E-state index is 10.7. The summed E-state index contributed by atoms with van der Waals surface area (Å²) in [4.78, 5) is 10.7. The molecule has 0 saturated heterocycles. The van der Waals surface area contributed by atoms with Crippen molar-refractivity contribution in [1.29, 1.82) is 0 Å². The first kappa shape index (κ1) is 15.5. The summed E-state index contributed by atoms with van der Waals surface area (Å²) in [5, 5.41) is 12.8. The summed E-state index contributed by atoms with van der Waals surface area (Å²) in [6.45, 7) is 6.08. The molecule has 0 bridgehead atoms. The SMILES string of the molecule is CC(=O)Oc1ccc(OC[C@@H](O)CNC(C)C)cc1. The number of benzene rings is 1. The molecule has 1 rings (SSSR count). The lowest BCUT2D eigenvalue weighted by atomic mass is 10.3. The summed E-state index contributed by atoms with van der Waals surface area (Å²) in [6, 6.07) is 7.02. The molecule has 5 heteroatoms. The van der Waals surface area contributed by atoms with Gasteiger partial charge in [0.05, 0.1) is 0 Å². The molecule has 0 unspecified atom stereocenters. The Morgan fingerprint density at radius 2 is 1.84 bits per heavy atom. The Balaban J connectivity index is 2.35. The van der Waals surface area contributed by atoms with E-state index in [4.69, 9.17) is 9.47 Å². The molecule has 0 heterocycles. The number of ether oxygens (including phenoxy) is 2. The lowest BCUT2D eigenvalue weighted by Gasteiger charge is -2.15. The average Bonchev–Trinajstić information content (AvgIpc) is 2.35. The lowest BCUT2D eigenvalue weighted by Crippen LogP contribution is -2.35. The van der Waals surface area contributed by atoms with Crippen LogP contribution < -0.4 is 14.8 Å². The molecule has 0 spiro atoms. The van der Waals surface area contributed by atoms with Crippen LogP contribution in [0.5, 0.6) is 11.5 Å². The number of hydrogen-bond donors (Lipinski definition) is 2. The lowest BCUT2D eigenvalue weighted by molar-refractivity contribution is -0.131. The zero-order chi connectivity index (χ0) is 14.3. The maximum absolute atomic E-state index is 10.7. The van der Waals surface area contributed by atoms with E-state index < -0.39 is 6.10 Å². The van der Waals surface area contributed by atoms with Crippen molar-refractivity contribution in [3.63, 3.8) is 0 Å². The van der Waals surface area contributed by atoms with Crippen molar-refractivity contribution >= 4 is 5.97 Å². The number of carbonyl (C=O) groups is 1. The highest BCUT2D eigenvalue weighted by atomic mass is 16.5. The fraction of sp³-hybridized carbons (Fsp3) is 0.500. The summed E-state index contributed by atoms with van der Waals surface area (Å²) in [5.41, 5.74) is 0. The van der Waals surface area contributed by atoms with Crippen LogP contribution in [0.2, 0.25) is 0 Å². The van der Waals surface area contributed by atoms with Crippen LogP contribution in [0.1, 0.15) is 20.8 Å². The van der Waals surface area contributed by atoms with Crippen molar-refractivity contribution in [3.8, 4) is 11.5 Å². The number of rotatable bonds is 7. The van der Waals surface area contributed by atoms with Crippen molar-refractivity contribution in [2.24, 2.45) is 0 Å². The van der Waals surface area contributed by atoms with Gasteiger partial charge in [0.15, 0.2) is 0 Å². The van der Waals surface area contributed by atoms with Crippen LogP contribution in [-0.4, -0.2) is 36.4 Å². The van der Waals surface area contributed by atoms with Crippen LogP contribution in [-0.2, 0) is 4.79 Å². The molecule has 106 valence electrons. The third kappa shape index (κ3) is 6.79. The van der Waals surface area contributed by atoms with Crippen LogP contribution in [0.25, 0.3) is 0 Å². The third-order valence-electron chi connectivity index (χ3n) is 2.29. The number of aliphatic hydroxyl groups excluding tert-OH is 1. The number of carbonyl (C=O) groups excluding carboxylic acids is 1. The second-order valence-electron chi connectivity index (χ2n) is 4.59. The summed E-state index contributed by atoms with van der Waals surface area (Å²) in [7, 11) is 0. The number of nitrogens with one attached hydrogen (secondary N) is 1. The second-order valence-corrected chi connectivity index (χ2v) is 4.59. The first-order chi connectivity index (χ1) is 8.97. The van der Waals surface area contributed by atoms with Gasteiger partial charge in [0.2, 0.25) is 0 Å². The second kappa shape index (κ2) is 7.76. The van der Waals surface area contributed by atoms with E-state index in [2.05, 4.69) is 5.32 Å². The predicted molar refractivity (Wildman–Crippen MR) is 72.4 cm³/mol. The average molecular weight is 267 g/mol. The highest BCUT2D eigenvalue weighted by Gasteiger charge is 2.06. The maximum Gasteiger partial charge on any atom is 0.308 e. The summed E-state index contributed by atoms with van der Waals surface area (Å²) in [5.74, 6) is 0.741. The van der Waals surface area contributed by atoms with Crippen LogP contribution in [0, 0.1) is 0 Å². The molecule has 0 aliphatic heterocycles.